The summed E-state index contributed by atoms with van der Waals surface area (Å²) in [5.41, 5.74) is 1.02. The molecule has 122 valence electrons. The molecule has 0 aliphatic heterocycles. The van der Waals surface area contributed by atoms with E-state index in [0.717, 1.165) is 5.56 Å². The lowest BCUT2D eigenvalue weighted by molar-refractivity contribution is -0.124. The number of hydrogen-bond donors (Lipinski definition) is 2. The third-order valence-corrected chi connectivity index (χ3v) is 3.76. The summed E-state index contributed by atoms with van der Waals surface area (Å²) in [7, 11) is 0. The number of aliphatic hydroxyl groups excluding tert-OH is 1. The third kappa shape index (κ3) is 5.58. The molecule has 23 heavy (non-hydrogen) atoms. The minimum absolute atomic E-state index is 0.147. The van der Waals surface area contributed by atoms with Gasteiger partial charge in [-0.25, -0.2) is 0 Å². The van der Waals surface area contributed by atoms with Gasteiger partial charge >= 0.3 is 0 Å². The zero-order valence-corrected chi connectivity index (χ0v) is 13.7. The van der Waals surface area contributed by atoms with Gasteiger partial charge in [-0.1, -0.05) is 54.1 Å². The van der Waals surface area contributed by atoms with Gasteiger partial charge in [0.05, 0.1) is 17.2 Å². The normalized spacial score (nSPS) is 13.2. The molecule has 0 fully saturated rings. The first kappa shape index (κ1) is 17.3. The number of ether oxygens (including phenoxy) is 1. The van der Waals surface area contributed by atoms with E-state index < -0.39 is 6.10 Å². The number of rotatable bonds is 7. The molecule has 0 radical (unpaired) electrons. The van der Waals surface area contributed by atoms with Crippen molar-refractivity contribution in [1.29, 1.82) is 0 Å². The molecule has 0 saturated carbocycles. The predicted octanol–water partition coefficient (Wildman–Crippen LogP) is 2.83. The molecule has 0 saturated heterocycles. The van der Waals surface area contributed by atoms with Gasteiger partial charge in [0.2, 0.25) is 0 Å². The van der Waals surface area contributed by atoms with Gasteiger partial charge in [0.1, 0.15) is 5.75 Å². The van der Waals surface area contributed by atoms with E-state index in [1.807, 2.05) is 30.3 Å². The number of amides is 1. The Labute approximate surface area is 141 Å². The van der Waals surface area contributed by atoms with Crippen LogP contribution < -0.4 is 10.1 Å². The summed E-state index contributed by atoms with van der Waals surface area (Å²) < 4.78 is 5.37. The highest BCUT2D eigenvalue weighted by Crippen LogP contribution is 2.22. The molecule has 0 aromatic heterocycles. The Bertz CT molecular complexity index is 633. The Balaban J connectivity index is 1.79. The molecule has 4 nitrogen and oxygen atoms in total. The van der Waals surface area contributed by atoms with Crippen LogP contribution in [0.5, 0.6) is 5.75 Å². The highest BCUT2D eigenvalue weighted by Gasteiger charge is 2.17. The largest absolute Gasteiger partial charge is 0.482 e. The molecule has 2 aromatic carbocycles. The first-order chi connectivity index (χ1) is 11.1. The minimum Gasteiger partial charge on any atom is -0.482 e. The second-order valence-corrected chi connectivity index (χ2v) is 5.74. The van der Waals surface area contributed by atoms with Crippen molar-refractivity contribution in [3.05, 3.63) is 65.2 Å². The van der Waals surface area contributed by atoms with Crippen LogP contribution in [0.3, 0.4) is 0 Å². The van der Waals surface area contributed by atoms with Crippen LogP contribution in [0, 0.1) is 0 Å². The molecule has 2 N–H and O–H groups in total. The summed E-state index contributed by atoms with van der Waals surface area (Å²) in [6, 6.07) is 16.2. The maximum atomic E-state index is 11.9. The lowest BCUT2D eigenvalue weighted by atomic mass is 10.0. The quantitative estimate of drug-likeness (QED) is 0.819. The van der Waals surface area contributed by atoms with E-state index in [1.54, 1.807) is 31.2 Å². The summed E-state index contributed by atoms with van der Waals surface area (Å²) in [4.78, 5) is 11.9. The van der Waals surface area contributed by atoms with Crippen LogP contribution in [0.25, 0.3) is 0 Å². The number of nitrogens with one attached hydrogen (secondary N) is 1. The zero-order valence-electron chi connectivity index (χ0n) is 12.9. The van der Waals surface area contributed by atoms with Crippen LogP contribution in [0.4, 0.5) is 0 Å². The third-order valence-electron chi connectivity index (χ3n) is 3.45. The molecule has 0 bridgehead atoms. The number of para-hydroxylation sites is 1. The van der Waals surface area contributed by atoms with Gasteiger partial charge in [0, 0.05) is 6.42 Å². The average Bonchev–Trinajstić information content (AvgIpc) is 2.55. The fourth-order valence-electron chi connectivity index (χ4n) is 2.13. The van der Waals surface area contributed by atoms with Gasteiger partial charge < -0.3 is 15.2 Å². The predicted molar refractivity (Wildman–Crippen MR) is 90.7 cm³/mol. The van der Waals surface area contributed by atoms with Gasteiger partial charge in [-0.05, 0) is 24.6 Å². The molecular weight excluding hydrogens is 314 g/mol. The molecule has 2 atom stereocenters. The average molecular weight is 334 g/mol. The second kappa shape index (κ2) is 8.56. The number of carbonyl (C=O) groups is 1. The summed E-state index contributed by atoms with van der Waals surface area (Å²) >= 11 is 5.96. The van der Waals surface area contributed by atoms with Crippen LogP contribution in [-0.2, 0) is 11.2 Å². The van der Waals surface area contributed by atoms with Crippen molar-refractivity contribution in [2.45, 2.75) is 25.5 Å². The second-order valence-electron chi connectivity index (χ2n) is 5.33. The number of carbonyl (C=O) groups excluding carboxylic acids is 1. The molecule has 2 rings (SSSR count). The van der Waals surface area contributed by atoms with E-state index in [4.69, 9.17) is 16.3 Å². The van der Waals surface area contributed by atoms with Gasteiger partial charge in [-0.3, -0.25) is 4.79 Å². The van der Waals surface area contributed by atoms with E-state index in [1.165, 1.54) is 0 Å². The SMILES string of the molecule is CC(NC(=O)COc1ccccc1Cl)C(O)Cc1ccccc1. The van der Waals surface area contributed by atoms with E-state index in [0.29, 0.717) is 17.2 Å². The van der Waals surface area contributed by atoms with Crippen molar-refractivity contribution in [2.24, 2.45) is 0 Å². The van der Waals surface area contributed by atoms with Crippen LogP contribution in [0.1, 0.15) is 12.5 Å². The van der Waals surface area contributed by atoms with E-state index >= 15 is 0 Å². The van der Waals surface area contributed by atoms with Crippen molar-refractivity contribution < 1.29 is 14.6 Å². The van der Waals surface area contributed by atoms with Crippen molar-refractivity contribution in [1.82, 2.24) is 5.32 Å². The molecule has 0 spiro atoms. The standard InChI is InChI=1S/C18H20ClNO3/c1-13(16(21)11-14-7-3-2-4-8-14)20-18(22)12-23-17-10-6-5-9-15(17)19/h2-10,13,16,21H,11-12H2,1H3,(H,20,22). The van der Waals surface area contributed by atoms with Gasteiger partial charge in [-0.2, -0.15) is 0 Å². The maximum absolute atomic E-state index is 11.9. The number of benzene rings is 2. The number of hydrogen-bond acceptors (Lipinski definition) is 3. The molecule has 1 amide bonds. The highest BCUT2D eigenvalue weighted by molar-refractivity contribution is 6.32. The van der Waals surface area contributed by atoms with Crippen LogP contribution in [0.2, 0.25) is 5.02 Å². The molecule has 2 aromatic rings. The number of aliphatic hydroxyl groups is 1. The maximum Gasteiger partial charge on any atom is 0.258 e. The number of halogens is 1. The van der Waals surface area contributed by atoms with Gasteiger partial charge in [0.25, 0.3) is 5.91 Å². The van der Waals surface area contributed by atoms with Crippen molar-refractivity contribution in [3.8, 4) is 5.75 Å². The molecular formula is C18H20ClNO3. The minimum atomic E-state index is -0.665. The Morgan fingerprint density at radius 2 is 1.83 bits per heavy atom. The molecule has 5 heteroatoms. The topological polar surface area (TPSA) is 58.6 Å². The summed E-state index contributed by atoms with van der Waals surface area (Å²) in [6.07, 6.45) is -0.185. The van der Waals surface area contributed by atoms with Crippen molar-refractivity contribution >= 4 is 17.5 Å². The van der Waals surface area contributed by atoms with Crippen LogP contribution in [-0.4, -0.2) is 29.8 Å². The first-order valence-electron chi connectivity index (χ1n) is 7.45. The fraction of sp³-hybridized carbons (Fsp3) is 0.278. The monoisotopic (exact) mass is 333 g/mol. The molecule has 2 unspecified atom stereocenters. The Kier molecular flexibility index (Phi) is 6.44. The Morgan fingerprint density at radius 1 is 1.17 bits per heavy atom. The summed E-state index contributed by atoms with van der Waals surface area (Å²) in [6.45, 7) is 1.62. The lowest BCUT2D eigenvalue weighted by Gasteiger charge is -2.20. The molecule has 0 aliphatic rings. The first-order valence-corrected chi connectivity index (χ1v) is 7.82. The fourth-order valence-corrected chi connectivity index (χ4v) is 2.32. The smallest absolute Gasteiger partial charge is 0.258 e. The van der Waals surface area contributed by atoms with E-state index in [2.05, 4.69) is 5.32 Å². The zero-order chi connectivity index (χ0) is 16.7. The summed E-state index contributed by atoms with van der Waals surface area (Å²) in [5, 5.41) is 13.4. The van der Waals surface area contributed by atoms with Gasteiger partial charge in [-0.15, -0.1) is 0 Å². The lowest BCUT2D eigenvalue weighted by Crippen LogP contribution is -2.44. The van der Waals surface area contributed by atoms with Gasteiger partial charge in [0.15, 0.2) is 6.61 Å². The Morgan fingerprint density at radius 3 is 2.52 bits per heavy atom. The van der Waals surface area contributed by atoms with Crippen LogP contribution >= 0.6 is 11.6 Å². The Hall–Kier alpha value is -2.04. The highest BCUT2D eigenvalue weighted by atomic mass is 35.5. The van der Waals surface area contributed by atoms with E-state index in [-0.39, 0.29) is 18.6 Å². The van der Waals surface area contributed by atoms with Crippen molar-refractivity contribution in [2.75, 3.05) is 6.61 Å². The van der Waals surface area contributed by atoms with Crippen LogP contribution in [0.15, 0.2) is 54.6 Å². The molecule has 0 heterocycles. The molecule has 0 aliphatic carbocycles. The van der Waals surface area contributed by atoms with E-state index in [9.17, 15) is 9.90 Å². The summed E-state index contributed by atoms with van der Waals surface area (Å²) in [5.74, 6) is 0.159. The van der Waals surface area contributed by atoms with Crippen molar-refractivity contribution in [3.63, 3.8) is 0 Å².